The summed E-state index contributed by atoms with van der Waals surface area (Å²) in [5.74, 6) is 0.290. The molecule has 2 N–H and O–H groups in total. The van der Waals surface area contributed by atoms with Crippen LogP contribution < -0.4 is 5.32 Å². The van der Waals surface area contributed by atoms with Crippen molar-refractivity contribution in [3.8, 4) is 0 Å². The molecule has 2 nitrogen and oxygen atoms in total. The Morgan fingerprint density at radius 2 is 1.81 bits per heavy atom. The van der Waals surface area contributed by atoms with Crippen LogP contribution in [0.15, 0.2) is 30.3 Å². The minimum absolute atomic E-state index is 0.236. The molecule has 0 aliphatic heterocycles. The van der Waals surface area contributed by atoms with Crippen LogP contribution in [-0.2, 0) is 0 Å². The standard InChI is InChI=1S/C14H23NO/c1-4-14(13-8-6-5-7-9-13)15-12(3)11(2)10-16/h5-9,11-12,14-16H,4,10H2,1-3H3. The predicted molar refractivity (Wildman–Crippen MR) is 68.3 cm³/mol. The van der Waals surface area contributed by atoms with Crippen LogP contribution in [0, 0.1) is 5.92 Å². The van der Waals surface area contributed by atoms with Gasteiger partial charge in [-0.15, -0.1) is 0 Å². The maximum Gasteiger partial charge on any atom is 0.0471 e. The Bertz CT molecular complexity index is 286. The maximum atomic E-state index is 9.12. The lowest BCUT2D eigenvalue weighted by Gasteiger charge is -2.26. The van der Waals surface area contributed by atoms with E-state index in [0.717, 1.165) is 6.42 Å². The second kappa shape index (κ2) is 6.66. The Morgan fingerprint density at radius 3 is 2.31 bits per heavy atom. The second-order valence-corrected chi connectivity index (χ2v) is 4.49. The van der Waals surface area contributed by atoms with Gasteiger partial charge in [0, 0.05) is 18.7 Å². The zero-order valence-corrected chi connectivity index (χ0v) is 10.5. The van der Waals surface area contributed by atoms with Crippen molar-refractivity contribution in [3.63, 3.8) is 0 Å². The topological polar surface area (TPSA) is 32.3 Å². The number of nitrogens with one attached hydrogen (secondary N) is 1. The Morgan fingerprint density at radius 1 is 1.19 bits per heavy atom. The van der Waals surface area contributed by atoms with Gasteiger partial charge in [0.1, 0.15) is 0 Å². The van der Waals surface area contributed by atoms with Gasteiger partial charge in [-0.1, -0.05) is 44.2 Å². The third kappa shape index (κ3) is 3.62. The van der Waals surface area contributed by atoms with Crippen molar-refractivity contribution in [1.82, 2.24) is 5.32 Å². The van der Waals surface area contributed by atoms with Crippen LogP contribution in [0.2, 0.25) is 0 Å². The van der Waals surface area contributed by atoms with Gasteiger partial charge in [-0.05, 0) is 24.8 Å². The normalized spacial score (nSPS) is 16.8. The highest BCUT2D eigenvalue weighted by Crippen LogP contribution is 2.18. The van der Waals surface area contributed by atoms with Crippen LogP contribution in [-0.4, -0.2) is 17.8 Å². The molecule has 0 fully saturated rings. The first-order chi connectivity index (χ1) is 7.69. The van der Waals surface area contributed by atoms with Crippen molar-refractivity contribution < 1.29 is 5.11 Å². The molecule has 2 heteroatoms. The first-order valence-electron chi connectivity index (χ1n) is 6.10. The van der Waals surface area contributed by atoms with E-state index in [4.69, 9.17) is 5.11 Å². The van der Waals surface area contributed by atoms with Crippen LogP contribution in [0.25, 0.3) is 0 Å². The van der Waals surface area contributed by atoms with Crippen molar-refractivity contribution in [3.05, 3.63) is 35.9 Å². The Balaban J connectivity index is 2.62. The number of aliphatic hydroxyl groups excluding tert-OH is 1. The van der Waals surface area contributed by atoms with Crippen LogP contribution in [0.3, 0.4) is 0 Å². The minimum Gasteiger partial charge on any atom is -0.396 e. The number of benzene rings is 1. The fourth-order valence-electron chi connectivity index (χ4n) is 1.77. The monoisotopic (exact) mass is 221 g/mol. The Kier molecular flexibility index (Phi) is 5.50. The molecule has 3 unspecified atom stereocenters. The van der Waals surface area contributed by atoms with Gasteiger partial charge in [-0.25, -0.2) is 0 Å². The summed E-state index contributed by atoms with van der Waals surface area (Å²) in [5.41, 5.74) is 1.32. The summed E-state index contributed by atoms with van der Waals surface area (Å²) in [6.45, 7) is 6.61. The van der Waals surface area contributed by atoms with Crippen LogP contribution >= 0.6 is 0 Å². The lowest BCUT2D eigenvalue weighted by Crippen LogP contribution is -2.36. The average molecular weight is 221 g/mol. The van der Waals surface area contributed by atoms with E-state index in [2.05, 4.69) is 50.4 Å². The molecule has 0 saturated heterocycles. The Hall–Kier alpha value is -0.860. The fraction of sp³-hybridized carbons (Fsp3) is 0.571. The van der Waals surface area contributed by atoms with Gasteiger partial charge < -0.3 is 10.4 Å². The maximum absolute atomic E-state index is 9.12. The molecule has 0 heterocycles. The van der Waals surface area contributed by atoms with Crippen molar-refractivity contribution in [2.75, 3.05) is 6.61 Å². The molecular formula is C14H23NO. The summed E-state index contributed by atoms with van der Waals surface area (Å²) in [5, 5.41) is 12.7. The van der Waals surface area contributed by atoms with Gasteiger partial charge in [-0.3, -0.25) is 0 Å². The number of hydrogen-bond acceptors (Lipinski definition) is 2. The first-order valence-corrected chi connectivity index (χ1v) is 6.10. The summed E-state index contributed by atoms with van der Waals surface area (Å²) < 4.78 is 0. The summed E-state index contributed by atoms with van der Waals surface area (Å²) in [6.07, 6.45) is 1.06. The molecule has 1 aromatic rings. The summed E-state index contributed by atoms with van der Waals surface area (Å²) in [6, 6.07) is 11.2. The third-order valence-corrected chi connectivity index (χ3v) is 3.22. The molecule has 3 atom stereocenters. The van der Waals surface area contributed by atoms with Crippen LogP contribution in [0.5, 0.6) is 0 Å². The van der Waals surface area contributed by atoms with E-state index in [1.54, 1.807) is 0 Å². The largest absolute Gasteiger partial charge is 0.396 e. The molecule has 0 bridgehead atoms. The zero-order valence-electron chi connectivity index (χ0n) is 10.5. The van der Waals surface area contributed by atoms with Gasteiger partial charge in [0.2, 0.25) is 0 Å². The van der Waals surface area contributed by atoms with Gasteiger partial charge >= 0.3 is 0 Å². The van der Waals surface area contributed by atoms with Crippen LogP contribution in [0.1, 0.15) is 38.8 Å². The van der Waals surface area contributed by atoms with E-state index >= 15 is 0 Å². The number of aliphatic hydroxyl groups is 1. The molecule has 90 valence electrons. The molecule has 0 amide bonds. The lowest BCUT2D eigenvalue weighted by atomic mass is 9.99. The second-order valence-electron chi connectivity index (χ2n) is 4.49. The molecule has 0 radical (unpaired) electrons. The summed E-state index contributed by atoms with van der Waals surface area (Å²) >= 11 is 0. The molecule has 0 aliphatic carbocycles. The molecule has 0 saturated carbocycles. The molecule has 0 aliphatic rings. The Labute approximate surface area is 98.7 Å². The van der Waals surface area contributed by atoms with Crippen molar-refractivity contribution in [1.29, 1.82) is 0 Å². The minimum atomic E-state index is 0.236. The van der Waals surface area contributed by atoms with E-state index in [1.165, 1.54) is 5.56 Å². The molecular weight excluding hydrogens is 198 g/mol. The molecule has 0 aromatic heterocycles. The quantitative estimate of drug-likeness (QED) is 0.774. The molecule has 0 spiro atoms. The van der Waals surface area contributed by atoms with Crippen molar-refractivity contribution in [2.24, 2.45) is 5.92 Å². The third-order valence-electron chi connectivity index (χ3n) is 3.22. The van der Waals surface area contributed by atoms with E-state index in [9.17, 15) is 0 Å². The molecule has 1 rings (SSSR count). The van der Waals surface area contributed by atoms with E-state index in [-0.39, 0.29) is 12.5 Å². The van der Waals surface area contributed by atoms with E-state index in [0.29, 0.717) is 12.1 Å². The van der Waals surface area contributed by atoms with Gasteiger partial charge in [-0.2, -0.15) is 0 Å². The average Bonchev–Trinajstić information content (AvgIpc) is 2.35. The zero-order chi connectivity index (χ0) is 12.0. The number of rotatable bonds is 6. The highest BCUT2D eigenvalue weighted by Gasteiger charge is 2.16. The summed E-state index contributed by atoms with van der Waals surface area (Å²) in [7, 11) is 0. The van der Waals surface area contributed by atoms with Gasteiger partial charge in [0.25, 0.3) is 0 Å². The van der Waals surface area contributed by atoms with Crippen LogP contribution in [0.4, 0.5) is 0 Å². The predicted octanol–water partition coefficient (Wildman–Crippen LogP) is 2.74. The highest BCUT2D eigenvalue weighted by atomic mass is 16.3. The molecule has 16 heavy (non-hydrogen) atoms. The van der Waals surface area contributed by atoms with Gasteiger partial charge in [0.15, 0.2) is 0 Å². The lowest BCUT2D eigenvalue weighted by molar-refractivity contribution is 0.200. The van der Waals surface area contributed by atoms with Gasteiger partial charge in [0.05, 0.1) is 0 Å². The number of hydrogen-bond donors (Lipinski definition) is 2. The SMILES string of the molecule is CCC(NC(C)C(C)CO)c1ccccc1. The smallest absolute Gasteiger partial charge is 0.0471 e. The first kappa shape index (κ1) is 13.2. The van der Waals surface area contributed by atoms with E-state index in [1.807, 2.05) is 6.07 Å². The van der Waals surface area contributed by atoms with Crippen molar-refractivity contribution in [2.45, 2.75) is 39.3 Å². The van der Waals surface area contributed by atoms with Crippen molar-refractivity contribution >= 4 is 0 Å². The van der Waals surface area contributed by atoms with E-state index < -0.39 is 0 Å². The summed E-state index contributed by atoms with van der Waals surface area (Å²) in [4.78, 5) is 0. The molecule has 1 aromatic carbocycles. The fourth-order valence-corrected chi connectivity index (χ4v) is 1.77. The highest BCUT2D eigenvalue weighted by molar-refractivity contribution is 5.18.